The van der Waals surface area contributed by atoms with Gasteiger partial charge in [0.2, 0.25) is 0 Å². The van der Waals surface area contributed by atoms with Crippen LogP contribution in [0, 0.1) is 0 Å². The highest BCUT2D eigenvalue weighted by Gasteiger charge is 2.03. The molecule has 0 aliphatic carbocycles. The van der Waals surface area contributed by atoms with Crippen molar-refractivity contribution in [2.75, 3.05) is 12.4 Å². The molecule has 0 aliphatic heterocycles. The van der Waals surface area contributed by atoms with E-state index < -0.39 is 0 Å². The van der Waals surface area contributed by atoms with Gasteiger partial charge in [-0.25, -0.2) is 4.68 Å². The molecule has 0 saturated heterocycles. The Labute approximate surface area is 133 Å². The summed E-state index contributed by atoms with van der Waals surface area (Å²) in [6, 6.07) is 16.8. The third-order valence-electron chi connectivity index (χ3n) is 3.47. The van der Waals surface area contributed by atoms with E-state index >= 15 is 0 Å². The molecule has 0 aliphatic rings. The van der Waals surface area contributed by atoms with Gasteiger partial charge in [0, 0.05) is 18.0 Å². The molecule has 2 aromatic carbocycles. The van der Waals surface area contributed by atoms with Crippen molar-refractivity contribution in [2.24, 2.45) is 0 Å². The topological polar surface area (TPSA) is 59.0 Å². The van der Waals surface area contributed by atoms with E-state index in [1.54, 1.807) is 13.3 Å². The van der Waals surface area contributed by atoms with Gasteiger partial charge in [-0.3, -0.25) is 9.89 Å². The maximum Gasteiger partial charge on any atom is 0.280 e. The minimum absolute atomic E-state index is 0.156. The van der Waals surface area contributed by atoms with Crippen molar-refractivity contribution in [3.05, 3.63) is 75.5 Å². The summed E-state index contributed by atoms with van der Waals surface area (Å²) in [5.41, 5.74) is 1.44. The maximum absolute atomic E-state index is 12.5. The van der Waals surface area contributed by atoms with Crippen molar-refractivity contribution >= 4 is 18.5 Å². The molecule has 3 rings (SSSR count). The lowest BCUT2D eigenvalue weighted by Crippen LogP contribution is -2.34. The summed E-state index contributed by atoms with van der Waals surface area (Å²) in [6.45, 7) is 3.90. The van der Waals surface area contributed by atoms with Crippen LogP contribution in [0.2, 0.25) is 0 Å². The van der Waals surface area contributed by atoms with Crippen LogP contribution in [0.15, 0.2) is 59.4 Å². The highest BCUT2D eigenvalue weighted by Crippen LogP contribution is 2.16. The number of benzene rings is 2. The first kappa shape index (κ1) is 14.7. The van der Waals surface area contributed by atoms with Gasteiger partial charge in [-0.15, -0.1) is 0 Å². The predicted molar refractivity (Wildman–Crippen MR) is 92.2 cm³/mol. The molecule has 0 spiro atoms. The van der Waals surface area contributed by atoms with Crippen molar-refractivity contribution in [3.63, 3.8) is 0 Å². The molecule has 3 aromatic rings. The Morgan fingerprint density at radius 3 is 2.70 bits per heavy atom. The van der Waals surface area contributed by atoms with Crippen LogP contribution in [-0.2, 0) is 0 Å². The van der Waals surface area contributed by atoms with E-state index in [-0.39, 0.29) is 5.56 Å². The van der Waals surface area contributed by atoms with Gasteiger partial charge in [0.15, 0.2) is 0 Å². The zero-order valence-corrected chi connectivity index (χ0v) is 12.7. The predicted octanol–water partition coefficient (Wildman–Crippen LogP) is 1.43. The normalized spacial score (nSPS) is 11.4. The van der Waals surface area contributed by atoms with Crippen LogP contribution in [-0.4, -0.2) is 16.9 Å². The van der Waals surface area contributed by atoms with E-state index in [0.29, 0.717) is 10.6 Å². The third kappa shape index (κ3) is 3.03. The molecule has 0 amide bonds. The van der Waals surface area contributed by atoms with E-state index in [2.05, 4.69) is 17.0 Å². The first-order valence-electron chi connectivity index (χ1n) is 7.15. The zero-order chi connectivity index (χ0) is 16.2. The fourth-order valence-electron chi connectivity index (χ4n) is 2.27. The summed E-state index contributed by atoms with van der Waals surface area (Å²) in [5.74, 6) is 0.744. The molecule has 0 fully saturated rings. The van der Waals surface area contributed by atoms with Crippen LogP contribution in [0.25, 0.3) is 18.5 Å². The average molecular weight is 307 g/mol. The largest absolute Gasteiger partial charge is 0.497 e. The number of rotatable bonds is 4. The smallest absolute Gasteiger partial charge is 0.280 e. The zero-order valence-electron chi connectivity index (χ0n) is 12.7. The number of H-pyrrole nitrogens is 1. The molecule has 5 nitrogen and oxygen atoms in total. The number of anilines is 1. The van der Waals surface area contributed by atoms with Crippen LogP contribution in [0.3, 0.4) is 0 Å². The summed E-state index contributed by atoms with van der Waals surface area (Å²) in [7, 11) is 1.61. The summed E-state index contributed by atoms with van der Waals surface area (Å²) in [4.78, 5) is 12.5. The van der Waals surface area contributed by atoms with Crippen LogP contribution in [0.4, 0.5) is 5.69 Å². The Morgan fingerprint density at radius 1 is 1.17 bits per heavy atom. The van der Waals surface area contributed by atoms with Crippen LogP contribution in [0.1, 0.15) is 0 Å². The van der Waals surface area contributed by atoms with E-state index in [1.165, 1.54) is 4.68 Å². The molecule has 0 radical (unpaired) electrons. The highest BCUT2D eigenvalue weighted by molar-refractivity contribution is 5.56. The number of ether oxygens (including phenoxy) is 1. The van der Waals surface area contributed by atoms with Crippen molar-refractivity contribution in [1.82, 2.24) is 9.78 Å². The quantitative estimate of drug-likeness (QED) is 0.767. The van der Waals surface area contributed by atoms with Crippen molar-refractivity contribution < 1.29 is 4.74 Å². The first-order chi connectivity index (χ1) is 11.2. The molecular weight excluding hydrogens is 290 g/mol. The van der Waals surface area contributed by atoms with Gasteiger partial charge in [0.1, 0.15) is 5.75 Å². The minimum Gasteiger partial charge on any atom is -0.497 e. The molecule has 0 atom stereocenters. The van der Waals surface area contributed by atoms with E-state index in [4.69, 9.17) is 4.74 Å². The Hall–Kier alpha value is -3.21. The molecule has 0 unspecified atom stereocenters. The Kier molecular flexibility index (Phi) is 4.01. The van der Waals surface area contributed by atoms with Gasteiger partial charge >= 0.3 is 0 Å². The number of hydrogen-bond donors (Lipinski definition) is 2. The average Bonchev–Trinajstić information content (AvgIpc) is 2.88. The Morgan fingerprint density at radius 2 is 1.96 bits per heavy atom. The molecule has 1 aromatic heterocycles. The molecule has 2 N–H and O–H groups in total. The van der Waals surface area contributed by atoms with Gasteiger partial charge in [0.25, 0.3) is 5.56 Å². The fraction of sp³-hybridized carbons (Fsp3) is 0.0556. The van der Waals surface area contributed by atoms with E-state index in [0.717, 1.165) is 17.1 Å². The molecule has 116 valence electrons. The lowest BCUT2D eigenvalue weighted by atomic mass is 10.3. The van der Waals surface area contributed by atoms with Gasteiger partial charge in [-0.1, -0.05) is 30.8 Å². The third-order valence-corrected chi connectivity index (χ3v) is 3.47. The van der Waals surface area contributed by atoms with Crippen molar-refractivity contribution in [2.45, 2.75) is 0 Å². The van der Waals surface area contributed by atoms with Gasteiger partial charge in [-0.2, -0.15) is 0 Å². The standard InChI is InChI=1S/C18H17N3O2/c1-13-17(12-19-14-7-6-10-16(11-14)23-2)18(22)21(20-13)15-8-4-3-5-9-15/h3-12,19-20H,1H2,2H3/b17-12-. The monoisotopic (exact) mass is 307 g/mol. The SMILES string of the molecule is C=c1[nH]n(-c2ccccc2)c(=O)/c1=C\Nc1cccc(OC)c1. The molecule has 1 heterocycles. The second-order valence-corrected chi connectivity index (χ2v) is 5.00. The first-order valence-corrected chi connectivity index (χ1v) is 7.15. The number of hydrogen-bond acceptors (Lipinski definition) is 3. The Bertz CT molecular complexity index is 971. The van der Waals surface area contributed by atoms with Gasteiger partial charge in [0.05, 0.1) is 23.4 Å². The number of nitrogens with one attached hydrogen (secondary N) is 2. The number of aromatic amines is 1. The summed E-state index contributed by atoms with van der Waals surface area (Å²) in [5, 5.41) is 7.12. The number of nitrogens with zero attached hydrogens (tertiary/aromatic N) is 1. The molecular formula is C18H17N3O2. The summed E-state index contributed by atoms with van der Waals surface area (Å²) >= 11 is 0. The van der Waals surface area contributed by atoms with Gasteiger partial charge in [-0.05, 0) is 24.3 Å². The van der Waals surface area contributed by atoms with E-state index in [9.17, 15) is 4.79 Å². The molecule has 0 bridgehead atoms. The minimum atomic E-state index is -0.156. The van der Waals surface area contributed by atoms with Crippen LogP contribution >= 0.6 is 0 Å². The Balaban J connectivity index is 1.99. The van der Waals surface area contributed by atoms with E-state index in [1.807, 2.05) is 54.6 Å². The molecule has 23 heavy (non-hydrogen) atoms. The maximum atomic E-state index is 12.5. The van der Waals surface area contributed by atoms with Crippen LogP contribution < -0.4 is 26.2 Å². The fourth-order valence-corrected chi connectivity index (χ4v) is 2.27. The second kappa shape index (κ2) is 6.27. The second-order valence-electron chi connectivity index (χ2n) is 5.00. The van der Waals surface area contributed by atoms with Crippen molar-refractivity contribution in [1.29, 1.82) is 0 Å². The molecule has 0 saturated carbocycles. The van der Waals surface area contributed by atoms with Crippen molar-refractivity contribution in [3.8, 4) is 11.4 Å². The van der Waals surface area contributed by atoms with Crippen LogP contribution in [0.5, 0.6) is 5.75 Å². The van der Waals surface area contributed by atoms with Gasteiger partial charge < -0.3 is 10.1 Å². The lowest BCUT2D eigenvalue weighted by molar-refractivity contribution is 0.415. The number of para-hydroxylation sites is 1. The lowest BCUT2D eigenvalue weighted by Gasteiger charge is -2.03. The summed E-state index contributed by atoms with van der Waals surface area (Å²) in [6.07, 6.45) is 1.65. The highest BCUT2D eigenvalue weighted by atomic mass is 16.5. The number of methoxy groups -OCH3 is 1. The molecule has 5 heteroatoms. The summed E-state index contributed by atoms with van der Waals surface area (Å²) < 4.78 is 6.65. The number of aromatic nitrogens is 2.